The molecule has 1 aromatic heterocycles. The number of aromatic hydroxyl groups is 1. The zero-order valence-corrected chi connectivity index (χ0v) is 12.6. The first-order chi connectivity index (χ1) is 11.0. The van der Waals surface area contributed by atoms with E-state index in [9.17, 15) is 14.3 Å². The summed E-state index contributed by atoms with van der Waals surface area (Å²) in [6.45, 7) is 0. The number of amides is 1. The standard InChI is InChI=1S/C16H17FN4O2/c1-19-15(16(18)23)12-7-11(8-2-3-8)14(21-20-12)10-5-4-9(17)6-13(10)22/h4-8,15,19,22H,2-3H2,1H3,(H2,18,23). The molecule has 0 radical (unpaired) electrons. The highest BCUT2D eigenvalue weighted by Crippen LogP contribution is 2.45. The molecule has 1 aliphatic carbocycles. The number of rotatable bonds is 5. The molecule has 1 amide bonds. The highest BCUT2D eigenvalue weighted by atomic mass is 19.1. The zero-order chi connectivity index (χ0) is 16.6. The van der Waals surface area contributed by atoms with E-state index in [4.69, 9.17) is 5.73 Å². The van der Waals surface area contributed by atoms with Crippen LogP contribution in [0.1, 0.15) is 36.1 Å². The van der Waals surface area contributed by atoms with Crippen LogP contribution in [0.2, 0.25) is 0 Å². The molecule has 1 aliphatic rings. The number of halogens is 1. The number of phenolic OH excluding ortho intramolecular Hbond substituents is 1. The minimum Gasteiger partial charge on any atom is -0.507 e. The van der Waals surface area contributed by atoms with Gasteiger partial charge in [0.25, 0.3) is 0 Å². The van der Waals surface area contributed by atoms with Crippen molar-refractivity contribution >= 4 is 5.91 Å². The summed E-state index contributed by atoms with van der Waals surface area (Å²) in [6.07, 6.45) is 2.00. The molecule has 3 rings (SSSR count). The fraction of sp³-hybridized carbons (Fsp3) is 0.312. The lowest BCUT2D eigenvalue weighted by molar-refractivity contribution is -0.120. The summed E-state index contributed by atoms with van der Waals surface area (Å²) in [5.74, 6) is -0.947. The van der Waals surface area contributed by atoms with E-state index in [1.807, 2.05) is 0 Å². The predicted molar refractivity (Wildman–Crippen MR) is 82.1 cm³/mol. The third-order valence-corrected chi connectivity index (χ3v) is 3.94. The molecule has 1 saturated carbocycles. The van der Waals surface area contributed by atoms with Crippen LogP contribution in [0.3, 0.4) is 0 Å². The Bertz CT molecular complexity index is 762. The molecule has 1 aromatic carbocycles. The van der Waals surface area contributed by atoms with Crippen molar-refractivity contribution in [1.82, 2.24) is 15.5 Å². The number of nitrogens with zero attached hydrogens (tertiary/aromatic N) is 2. The van der Waals surface area contributed by atoms with E-state index in [-0.39, 0.29) is 5.75 Å². The van der Waals surface area contributed by atoms with Gasteiger partial charge >= 0.3 is 0 Å². The van der Waals surface area contributed by atoms with E-state index in [1.165, 1.54) is 12.1 Å². The first-order valence-corrected chi connectivity index (χ1v) is 7.34. The van der Waals surface area contributed by atoms with Crippen LogP contribution in [0.15, 0.2) is 24.3 Å². The maximum atomic E-state index is 13.2. The molecule has 1 unspecified atom stereocenters. The van der Waals surface area contributed by atoms with Crippen LogP contribution >= 0.6 is 0 Å². The Morgan fingerprint density at radius 1 is 1.39 bits per heavy atom. The summed E-state index contributed by atoms with van der Waals surface area (Å²) in [6, 6.07) is 4.84. The Morgan fingerprint density at radius 2 is 2.13 bits per heavy atom. The smallest absolute Gasteiger partial charge is 0.240 e. The fourth-order valence-corrected chi connectivity index (χ4v) is 2.62. The average molecular weight is 316 g/mol. The summed E-state index contributed by atoms with van der Waals surface area (Å²) < 4.78 is 13.2. The number of likely N-dealkylation sites (N-methyl/N-ethyl adjacent to an activating group) is 1. The number of carbonyl (C=O) groups excluding carboxylic acids is 1. The lowest BCUT2D eigenvalue weighted by Gasteiger charge is -2.15. The molecule has 4 N–H and O–H groups in total. The van der Waals surface area contributed by atoms with Gasteiger partial charge in [-0.25, -0.2) is 4.39 Å². The van der Waals surface area contributed by atoms with Gasteiger partial charge in [-0.05, 0) is 49.6 Å². The van der Waals surface area contributed by atoms with Crippen molar-refractivity contribution in [2.24, 2.45) is 5.73 Å². The molecule has 1 atom stereocenters. The Morgan fingerprint density at radius 3 is 2.70 bits per heavy atom. The number of primary amides is 1. The molecule has 1 heterocycles. The predicted octanol–water partition coefficient (Wildman–Crippen LogP) is 1.61. The Balaban J connectivity index is 2.09. The van der Waals surface area contributed by atoms with Crippen molar-refractivity contribution < 1.29 is 14.3 Å². The van der Waals surface area contributed by atoms with E-state index in [0.717, 1.165) is 24.5 Å². The zero-order valence-electron chi connectivity index (χ0n) is 12.6. The quantitative estimate of drug-likeness (QED) is 0.778. The van der Waals surface area contributed by atoms with Crippen LogP contribution in [0.4, 0.5) is 4.39 Å². The summed E-state index contributed by atoms with van der Waals surface area (Å²) in [5.41, 5.74) is 7.62. The molecule has 1 fully saturated rings. The van der Waals surface area contributed by atoms with Gasteiger partial charge in [0.15, 0.2) is 0 Å². The van der Waals surface area contributed by atoms with Gasteiger partial charge in [0.05, 0.1) is 5.69 Å². The van der Waals surface area contributed by atoms with Gasteiger partial charge in [0.1, 0.15) is 23.3 Å². The summed E-state index contributed by atoms with van der Waals surface area (Å²) >= 11 is 0. The highest BCUT2D eigenvalue weighted by Gasteiger charge is 2.30. The average Bonchev–Trinajstić information content (AvgIpc) is 3.32. The van der Waals surface area contributed by atoms with Crippen molar-refractivity contribution in [3.63, 3.8) is 0 Å². The first-order valence-electron chi connectivity index (χ1n) is 7.34. The maximum absolute atomic E-state index is 13.2. The van der Waals surface area contributed by atoms with Gasteiger partial charge in [-0.15, -0.1) is 5.10 Å². The number of carbonyl (C=O) groups is 1. The second-order valence-corrected chi connectivity index (χ2v) is 5.63. The maximum Gasteiger partial charge on any atom is 0.240 e. The van der Waals surface area contributed by atoms with Gasteiger partial charge < -0.3 is 16.2 Å². The number of phenols is 1. The van der Waals surface area contributed by atoms with E-state index in [1.54, 1.807) is 13.1 Å². The number of hydrogen-bond donors (Lipinski definition) is 3. The van der Waals surface area contributed by atoms with Gasteiger partial charge in [0.2, 0.25) is 5.91 Å². The van der Waals surface area contributed by atoms with E-state index in [2.05, 4.69) is 15.5 Å². The third kappa shape index (κ3) is 3.00. The number of benzene rings is 1. The number of nitrogens with two attached hydrogens (primary N) is 1. The normalized spacial score (nSPS) is 15.4. The van der Waals surface area contributed by atoms with Crippen molar-refractivity contribution in [3.05, 3.63) is 41.3 Å². The molecule has 0 spiro atoms. The Labute approximate surface area is 132 Å². The molecule has 120 valence electrons. The van der Waals surface area contributed by atoms with Crippen molar-refractivity contribution in [2.75, 3.05) is 7.05 Å². The second kappa shape index (κ2) is 5.92. The van der Waals surface area contributed by atoms with E-state index in [0.29, 0.717) is 22.9 Å². The topological polar surface area (TPSA) is 101 Å². The first kappa shape index (κ1) is 15.4. The Hall–Kier alpha value is -2.54. The van der Waals surface area contributed by atoms with Crippen LogP contribution in [-0.4, -0.2) is 28.3 Å². The Kier molecular flexibility index (Phi) is 3.96. The van der Waals surface area contributed by atoms with E-state index < -0.39 is 17.8 Å². The molecule has 0 bridgehead atoms. The van der Waals surface area contributed by atoms with Crippen LogP contribution in [0.5, 0.6) is 5.75 Å². The minimum atomic E-state index is -0.726. The van der Waals surface area contributed by atoms with Crippen molar-refractivity contribution in [3.8, 4) is 17.0 Å². The van der Waals surface area contributed by atoms with Crippen molar-refractivity contribution in [2.45, 2.75) is 24.8 Å². The summed E-state index contributed by atoms with van der Waals surface area (Å²) in [4.78, 5) is 11.5. The molecular weight excluding hydrogens is 299 g/mol. The number of nitrogens with one attached hydrogen (secondary N) is 1. The highest BCUT2D eigenvalue weighted by molar-refractivity contribution is 5.81. The van der Waals surface area contributed by atoms with Gasteiger partial charge in [-0.2, -0.15) is 5.10 Å². The monoisotopic (exact) mass is 316 g/mol. The van der Waals surface area contributed by atoms with Crippen molar-refractivity contribution in [1.29, 1.82) is 0 Å². The number of aromatic nitrogens is 2. The van der Waals surface area contributed by atoms with Crippen LogP contribution in [0, 0.1) is 5.82 Å². The largest absolute Gasteiger partial charge is 0.507 e. The number of hydrogen-bond acceptors (Lipinski definition) is 5. The fourth-order valence-electron chi connectivity index (χ4n) is 2.62. The lowest BCUT2D eigenvalue weighted by Crippen LogP contribution is -2.32. The minimum absolute atomic E-state index is 0.186. The van der Waals surface area contributed by atoms with Crippen LogP contribution in [-0.2, 0) is 4.79 Å². The van der Waals surface area contributed by atoms with Crippen LogP contribution in [0.25, 0.3) is 11.3 Å². The van der Waals surface area contributed by atoms with Gasteiger partial charge in [-0.3, -0.25) is 4.79 Å². The summed E-state index contributed by atoms with van der Waals surface area (Å²) in [7, 11) is 1.62. The summed E-state index contributed by atoms with van der Waals surface area (Å²) in [5, 5.41) is 21.0. The molecule has 7 heteroatoms. The molecular formula is C16H17FN4O2. The lowest BCUT2D eigenvalue weighted by atomic mass is 10.00. The van der Waals surface area contributed by atoms with Gasteiger partial charge in [-0.1, -0.05) is 0 Å². The molecule has 0 saturated heterocycles. The SMILES string of the molecule is CNC(C(N)=O)c1cc(C2CC2)c(-c2ccc(F)cc2O)nn1. The molecule has 2 aromatic rings. The van der Waals surface area contributed by atoms with Gasteiger partial charge in [0, 0.05) is 11.6 Å². The molecule has 23 heavy (non-hydrogen) atoms. The van der Waals surface area contributed by atoms with E-state index >= 15 is 0 Å². The third-order valence-electron chi connectivity index (χ3n) is 3.94. The van der Waals surface area contributed by atoms with Crippen LogP contribution < -0.4 is 11.1 Å². The molecule has 6 nitrogen and oxygen atoms in total. The second-order valence-electron chi connectivity index (χ2n) is 5.63. The molecule has 0 aliphatic heterocycles.